The third-order valence-electron chi connectivity index (χ3n) is 6.14. The zero-order valence-corrected chi connectivity index (χ0v) is 21.1. The lowest BCUT2D eigenvalue weighted by Crippen LogP contribution is -2.29. The van der Waals surface area contributed by atoms with E-state index in [0.29, 0.717) is 10.1 Å². The molecule has 0 bridgehead atoms. The highest BCUT2D eigenvalue weighted by Gasteiger charge is 2.40. The topological polar surface area (TPSA) is 35.9 Å². The van der Waals surface area contributed by atoms with E-state index in [1.54, 1.807) is 16.7 Å². The predicted octanol–water partition coefficient (Wildman–Crippen LogP) is 7.72. The molecule has 2 heterocycles. The summed E-state index contributed by atoms with van der Waals surface area (Å²) in [4.78, 5) is 25.0. The number of amidine groups is 1. The standard InChI is InChI=1S/C29H23N3OS2/c1-3-31-24-16-6-7-17-25(24)34-28(31)26-27(33)32(21-13-8-10-19(2)18-21)29(35-26)30-23-15-9-12-20-11-4-5-14-22(20)23/h4-18H,3H2,1-2H3/b28-26-,30-29?. The summed E-state index contributed by atoms with van der Waals surface area (Å²) in [5.74, 6) is -0.0339. The van der Waals surface area contributed by atoms with Crippen molar-refractivity contribution in [2.24, 2.45) is 4.99 Å². The third-order valence-corrected chi connectivity index (χ3v) is 8.48. The number of para-hydroxylation sites is 1. The molecule has 0 aromatic heterocycles. The van der Waals surface area contributed by atoms with Crippen LogP contribution in [-0.2, 0) is 4.79 Å². The van der Waals surface area contributed by atoms with E-state index in [4.69, 9.17) is 4.99 Å². The SMILES string of the molecule is CCN1/C(=C2/SC(=Nc3cccc4ccccc34)N(c3cccc(C)c3)C2=O)Sc2ccccc21. The maximum atomic E-state index is 14.0. The maximum Gasteiger partial charge on any atom is 0.274 e. The van der Waals surface area contributed by atoms with Gasteiger partial charge in [0.15, 0.2) is 5.17 Å². The molecule has 4 nitrogen and oxygen atoms in total. The van der Waals surface area contributed by atoms with Crippen molar-refractivity contribution >= 4 is 62.4 Å². The number of amides is 1. The van der Waals surface area contributed by atoms with Crippen LogP contribution < -0.4 is 9.80 Å². The molecule has 6 rings (SSSR count). The van der Waals surface area contributed by atoms with Gasteiger partial charge < -0.3 is 4.90 Å². The van der Waals surface area contributed by atoms with E-state index >= 15 is 0 Å². The van der Waals surface area contributed by atoms with Gasteiger partial charge in [0.1, 0.15) is 9.93 Å². The summed E-state index contributed by atoms with van der Waals surface area (Å²) in [6, 6.07) is 30.7. The number of nitrogens with zero attached hydrogens (tertiary/aromatic N) is 3. The Kier molecular flexibility index (Phi) is 5.63. The van der Waals surface area contributed by atoms with Crippen LogP contribution >= 0.6 is 23.5 Å². The highest BCUT2D eigenvalue weighted by molar-refractivity contribution is 8.20. The first-order valence-electron chi connectivity index (χ1n) is 11.6. The van der Waals surface area contributed by atoms with Gasteiger partial charge in [0.2, 0.25) is 0 Å². The summed E-state index contributed by atoms with van der Waals surface area (Å²) >= 11 is 3.12. The molecule has 0 atom stereocenters. The first-order chi connectivity index (χ1) is 17.1. The number of aliphatic imine (C=N–C) groups is 1. The third kappa shape index (κ3) is 3.83. The van der Waals surface area contributed by atoms with Gasteiger partial charge in [-0.2, -0.15) is 0 Å². The molecule has 6 heteroatoms. The molecule has 0 aliphatic carbocycles. The summed E-state index contributed by atoms with van der Waals surface area (Å²) in [5, 5.41) is 3.85. The van der Waals surface area contributed by atoms with Gasteiger partial charge >= 0.3 is 0 Å². The smallest absolute Gasteiger partial charge is 0.274 e. The molecule has 0 unspecified atom stereocenters. The molecular formula is C29H23N3OS2. The number of aryl methyl sites for hydroxylation is 1. The molecule has 0 radical (unpaired) electrons. The Balaban J connectivity index is 1.52. The van der Waals surface area contributed by atoms with Gasteiger partial charge in [-0.15, -0.1) is 0 Å². The lowest BCUT2D eigenvalue weighted by Gasteiger charge is -2.19. The number of thioether (sulfide) groups is 2. The number of hydrogen-bond acceptors (Lipinski definition) is 5. The highest BCUT2D eigenvalue weighted by atomic mass is 32.2. The Hall–Kier alpha value is -3.48. The lowest BCUT2D eigenvalue weighted by atomic mass is 10.1. The highest BCUT2D eigenvalue weighted by Crippen LogP contribution is 2.51. The minimum atomic E-state index is -0.0339. The molecule has 1 amide bonds. The van der Waals surface area contributed by atoms with Crippen LogP contribution in [0.1, 0.15) is 12.5 Å². The minimum absolute atomic E-state index is 0.0339. The molecule has 4 aromatic rings. The van der Waals surface area contributed by atoms with E-state index in [9.17, 15) is 4.79 Å². The average Bonchev–Trinajstić information content (AvgIpc) is 3.41. The fourth-order valence-electron chi connectivity index (χ4n) is 4.50. The van der Waals surface area contributed by atoms with Crippen molar-refractivity contribution in [2.45, 2.75) is 18.7 Å². The Morgan fingerprint density at radius 2 is 1.63 bits per heavy atom. The van der Waals surface area contributed by atoms with Crippen molar-refractivity contribution in [1.82, 2.24) is 0 Å². The molecule has 1 fully saturated rings. The van der Waals surface area contributed by atoms with Crippen molar-refractivity contribution in [3.63, 3.8) is 0 Å². The maximum absolute atomic E-state index is 14.0. The summed E-state index contributed by atoms with van der Waals surface area (Å²) in [5.41, 5.74) is 3.94. The van der Waals surface area contributed by atoms with Gasteiger partial charge in [0.25, 0.3) is 5.91 Å². The molecule has 1 saturated heterocycles. The summed E-state index contributed by atoms with van der Waals surface area (Å²) in [6.45, 7) is 4.95. The van der Waals surface area contributed by atoms with E-state index < -0.39 is 0 Å². The van der Waals surface area contributed by atoms with Crippen LogP contribution in [0.4, 0.5) is 17.1 Å². The summed E-state index contributed by atoms with van der Waals surface area (Å²) in [7, 11) is 0. The number of carbonyl (C=O) groups excluding carboxylic acids is 1. The fraction of sp³-hybridized carbons (Fsp3) is 0.103. The minimum Gasteiger partial charge on any atom is -0.334 e. The van der Waals surface area contributed by atoms with Crippen molar-refractivity contribution in [3.8, 4) is 0 Å². The predicted molar refractivity (Wildman–Crippen MR) is 150 cm³/mol. The molecule has 0 N–H and O–H groups in total. The van der Waals surface area contributed by atoms with Crippen LogP contribution in [0.5, 0.6) is 0 Å². The second-order valence-corrected chi connectivity index (χ2v) is 10.4. The van der Waals surface area contributed by atoms with Crippen LogP contribution in [0.25, 0.3) is 10.8 Å². The number of carbonyl (C=O) groups is 1. The van der Waals surface area contributed by atoms with Crippen molar-refractivity contribution < 1.29 is 4.79 Å². The van der Waals surface area contributed by atoms with E-state index in [-0.39, 0.29) is 5.91 Å². The van der Waals surface area contributed by atoms with Crippen LogP contribution in [0.15, 0.2) is 111 Å². The lowest BCUT2D eigenvalue weighted by molar-refractivity contribution is -0.113. The van der Waals surface area contributed by atoms with Crippen LogP contribution in [0.3, 0.4) is 0 Å². The number of anilines is 2. The monoisotopic (exact) mass is 493 g/mol. The number of fused-ring (bicyclic) bond motifs is 2. The van der Waals surface area contributed by atoms with Crippen LogP contribution in [0.2, 0.25) is 0 Å². The van der Waals surface area contributed by atoms with Gasteiger partial charge in [-0.3, -0.25) is 9.69 Å². The first kappa shape index (κ1) is 22.0. The normalized spacial score (nSPS) is 18.7. The van der Waals surface area contributed by atoms with Crippen LogP contribution in [0, 0.1) is 6.92 Å². The zero-order chi connectivity index (χ0) is 23.9. The van der Waals surface area contributed by atoms with E-state index in [1.165, 1.54) is 16.7 Å². The van der Waals surface area contributed by atoms with Gasteiger partial charge in [-0.05, 0) is 66.9 Å². The summed E-state index contributed by atoms with van der Waals surface area (Å²) < 4.78 is 0. The Morgan fingerprint density at radius 3 is 2.49 bits per heavy atom. The molecule has 4 aromatic carbocycles. The van der Waals surface area contributed by atoms with E-state index in [0.717, 1.165) is 45.0 Å². The quantitative estimate of drug-likeness (QED) is 0.274. The fourth-order valence-corrected chi connectivity index (χ4v) is 6.89. The van der Waals surface area contributed by atoms with E-state index in [2.05, 4.69) is 42.2 Å². The van der Waals surface area contributed by atoms with Gasteiger partial charge in [-0.25, -0.2) is 4.99 Å². The first-order valence-corrected chi connectivity index (χ1v) is 13.2. The molecule has 2 aliphatic heterocycles. The zero-order valence-electron chi connectivity index (χ0n) is 19.4. The van der Waals surface area contributed by atoms with Crippen LogP contribution in [-0.4, -0.2) is 17.6 Å². The van der Waals surface area contributed by atoms with Crippen molar-refractivity contribution in [1.29, 1.82) is 0 Å². The number of hydrogen-bond donors (Lipinski definition) is 0. The second kappa shape index (κ2) is 8.95. The molecule has 0 saturated carbocycles. The van der Waals surface area contributed by atoms with E-state index in [1.807, 2.05) is 67.6 Å². The molecule has 0 spiro atoms. The van der Waals surface area contributed by atoms with Gasteiger partial charge in [0.05, 0.1) is 17.1 Å². The van der Waals surface area contributed by atoms with Gasteiger partial charge in [-0.1, -0.05) is 72.4 Å². The largest absolute Gasteiger partial charge is 0.334 e. The Bertz CT molecular complexity index is 1540. The Morgan fingerprint density at radius 1 is 0.857 bits per heavy atom. The van der Waals surface area contributed by atoms with Crippen molar-refractivity contribution in [3.05, 3.63) is 106 Å². The average molecular weight is 494 g/mol. The molecular weight excluding hydrogens is 470 g/mol. The molecule has 172 valence electrons. The number of benzene rings is 4. The second-order valence-electron chi connectivity index (χ2n) is 8.42. The summed E-state index contributed by atoms with van der Waals surface area (Å²) in [6.07, 6.45) is 0. The Labute approximate surface area is 213 Å². The number of rotatable bonds is 3. The van der Waals surface area contributed by atoms with Crippen molar-refractivity contribution in [2.75, 3.05) is 16.3 Å². The van der Waals surface area contributed by atoms with Gasteiger partial charge in [0, 0.05) is 16.8 Å². The molecule has 2 aliphatic rings. The molecule has 35 heavy (non-hydrogen) atoms.